The SMILES string of the molecule is c1ccc2c(c1)ccc1c3c4c5ccccc5n5c6ccccc6c(cc3n(-c3nc(-n6c7ccccc7c7ccccc76)c6sc7ccccc7c6n3)c21)c45. The summed E-state index contributed by atoms with van der Waals surface area (Å²) in [5.41, 5.74) is 9.15. The normalized spacial score (nSPS) is 12.6. The van der Waals surface area contributed by atoms with E-state index >= 15 is 0 Å². The lowest BCUT2D eigenvalue weighted by Gasteiger charge is -2.13. The molecule has 0 aliphatic heterocycles. The molecule has 6 aromatic heterocycles. The molecule has 0 aliphatic carbocycles. The van der Waals surface area contributed by atoms with Gasteiger partial charge in [0.1, 0.15) is 0 Å². The van der Waals surface area contributed by atoms with Crippen molar-refractivity contribution in [3.8, 4) is 11.8 Å². The van der Waals surface area contributed by atoms with Gasteiger partial charge in [0.15, 0.2) is 5.82 Å². The first-order chi connectivity index (χ1) is 27.8. The summed E-state index contributed by atoms with van der Waals surface area (Å²) >= 11 is 1.77. The molecule has 0 atom stereocenters. The first-order valence-electron chi connectivity index (χ1n) is 19.0. The van der Waals surface area contributed by atoms with Gasteiger partial charge >= 0.3 is 0 Å². The molecule has 258 valence electrons. The molecule has 0 fully saturated rings. The quantitative estimate of drug-likeness (QED) is 0.178. The van der Waals surface area contributed by atoms with Crippen LogP contribution in [0.15, 0.2) is 164 Å². The van der Waals surface area contributed by atoms with Gasteiger partial charge in [-0.1, -0.05) is 127 Å². The zero-order chi connectivity index (χ0) is 36.2. The number of para-hydroxylation sites is 4. The fraction of sp³-hybridized carbons (Fsp3) is 0. The Bertz CT molecular complexity index is 3960. The summed E-state index contributed by atoms with van der Waals surface area (Å²) in [4.78, 5) is 11.4. The van der Waals surface area contributed by atoms with Crippen LogP contribution in [0.1, 0.15) is 0 Å². The summed E-state index contributed by atoms with van der Waals surface area (Å²) < 4.78 is 9.48. The monoisotopic (exact) mass is 729 g/mol. The summed E-state index contributed by atoms with van der Waals surface area (Å²) in [6.07, 6.45) is 0. The first kappa shape index (κ1) is 29.1. The molecule has 6 heterocycles. The number of benzene rings is 8. The van der Waals surface area contributed by atoms with Crippen molar-refractivity contribution in [3.63, 3.8) is 0 Å². The van der Waals surface area contributed by atoms with Crippen molar-refractivity contribution in [2.24, 2.45) is 0 Å². The summed E-state index contributed by atoms with van der Waals surface area (Å²) in [5.74, 6) is 1.56. The van der Waals surface area contributed by atoms with E-state index in [9.17, 15) is 0 Å². The van der Waals surface area contributed by atoms with Crippen molar-refractivity contribution in [2.75, 3.05) is 0 Å². The van der Waals surface area contributed by atoms with Gasteiger partial charge in [0.2, 0.25) is 5.95 Å². The molecule has 0 saturated carbocycles. The minimum Gasteiger partial charge on any atom is -0.308 e. The van der Waals surface area contributed by atoms with Crippen LogP contribution in [-0.4, -0.2) is 23.5 Å². The van der Waals surface area contributed by atoms with Crippen LogP contribution in [0.4, 0.5) is 0 Å². The number of aromatic nitrogens is 5. The summed E-state index contributed by atoms with van der Waals surface area (Å²) in [6, 6.07) is 59.5. The van der Waals surface area contributed by atoms with Crippen molar-refractivity contribution in [1.82, 2.24) is 23.5 Å². The maximum Gasteiger partial charge on any atom is 0.237 e. The van der Waals surface area contributed by atoms with E-state index in [-0.39, 0.29) is 0 Å². The van der Waals surface area contributed by atoms with Crippen molar-refractivity contribution in [1.29, 1.82) is 0 Å². The van der Waals surface area contributed by atoms with E-state index in [1.54, 1.807) is 11.3 Å². The number of hydrogen-bond acceptors (Lipinski definition) is 3. The zero-order valence-electron chi connectivity index (χ0n) is 29.7. The van der Waals surface area contributed by atoms with Crippen LogP contribution < -0.4 is 0 Å². The van der Waals surface area contributed by atoms with Crippen LogP contribution in [0, 0.1) is 0 Å². The summed E-state index contributed by atoms with van der Waals surface area (Å²) in [5, 5.41) is 13.3. The lowest BCUT2D eigenvalue weighted by molar-refractivity contribution is 0.978. The van der Waals surface area contributed by atoms with Crippen LogP contribution in [0.5, 0.6) is 0 Å². The second-order valence-electron chi connectivity index (χ2n) is 14.9. The molecule has 0 aliphatic rings. The number of nitrogens with zero attached hydrogens (tertiary/aromatic N) is 5. The maximum atomic E-state index is 5.75. The van der Waals surface area contributed by atoms with E-state index in [0.717, 1.165) is 43.5 Å². The average molecular weight is 730 g/mol. The highest BCUT2D eigenvalue weighted by atomic mass is 32.1. The molecule has 14 rings (SSSR count). The molecule has 0 bridgehead atoms. The van der Waals surface area contributed by atoms with Gasteiger partial charge in [-0.2, -0.15) is 4.98 Å². The Labute approximate surface area is 321 Å². The van der Waals surface area contributed by atoms with E-state index in [1.807, 2.05) is 0 Å². The van der Waals surface area contributed by atoms with Crippen molar-refractivity contribution >= 4 is 124 Å². The van der Waals surface area contributed by atoms with Crippen molar-refractivity contribution < 1.29 is 0 Å². The van der Waals surface area contributed by atoms with E-state index in [2.05, 4.69) is 177 Å². The van der Waals surface area contributed by atoms with Crippen LogP contribution in [-0.2, 0) is 0 Å². The predicted molar refractivity (Wildman–Crippen MR) is 236 cm³/mol. The van der Waals surface area contributed by atoms with E-state index in [4.69, 9.17) is 9.97 Å². The molecule has 5 nitrogen and oxygen atoms in total. The van der Waals surface area contributed by atoms with Gasteiger partial charge in [0, 0.05) is 58.6 Å². The minimum absolute atomic E-state index is 0.663. The summed E-state index contributed by atoms with van der Waals surface area (Å²) in [7, 11) is 0. The highest BCUT2D eigenvalue weighted by Crippen LogP contribution is 2.48. The third-order valence-electron chi connectivity index (χ3n) is 12.2. The fourth-order valence-corrected chi connectivity index (χ4v) is 11.1. The van der Waals surface area contributed by atoms with Crippen LogP contribution in [0.3, 0.4) is 0 Å². The van der Waals surface area contributed by atoms with Crippen LogP contribution in [0.25, 0.3) is 125 Å². The zero-order valence-corrected chi connectivity index (χ0v) is 30.5. The molecule has 56 heavy (non-hydrogen) atoms. The van der Waals surface area contributed by atoms with Crippen LogP contribution in [0.2, 0.25) is 0 Å². The Morgan fingerprint density at radius 3 is 1.73 bits per heavy atom. The fourth-order valence-electron chi connectivity index (χ4n) is 9.95. The topological polar surface area (TPSA) is 40.0 Å². The number of fused-ring (bicyclic) bond motifs is 18. The lowest BCUT2D eigenvalue weighted by Crippen LogP contribution is -2.06. The molecule has 0 radical (unpaired) electrons. The van der Waals surface area contributed by atoms with E-state index in [1.165, 1.54) is 75.1 Å². The molecule has 0 spiro atoms. The van der Waals surface area contributed by atoms with Gasteiger partial charge in [0.25, 0.3) is 0 Å². The lowest BCUT2D eigenvalue weighted by atomic mass is 10.0. The Morgan fingerprint density at radius 1 is 0.393 bits per heavy atom. The minimum atomic E-state index is 0.663. The van der Waals surface area contributed by atoms with Crippen LogP contribution >= 0.6 is 11.3 Å². The first-order valence-corrected chi connectivity index (χ1v) is 19.8. The van der Waals surface area contributed by atoms with Gasteiger partial charge in [-0.25, -0.2) is 4.98 Å². The maximum absolute atomic E-state index is 5.75. The van der Waals surface area contributed by atoms with Gasteiger partial charge in [-0.15, -0.1) is 11.3 Å². The standard InChI is InChI=1S/C50H27N5S/c1-2-14-29-28(13-1)25-26-35-43-41(27-36-32-17-5-8-20-37(32)53-40-23-11-6-18-33(40)44(43)47(36)53)55(46(29)35)50-51-45-34-19-7-12-24-42(34)56-48(45)49(52-50)54-38-21-9-3-15-30(38)31-16-4-10-22-39(31)54/h1-27H. The largest absolute Gasteiger partial charge is 0.308 e. The number of rotatable bonds is 2. The predicted octanol–water partition coefficient (Wildman–Crippen LogP) is 13.3. The molecule has 0 amide bonds. The van der Waals surface area contributed by atoms with Crippen molar-refractivity contribution in [3.05, 3.63) is 164 Å². The smallest absolute Gasteiger partial charge is 0.237 e. The molecular formula is C50H27N5S. The number of thiophene rings is 1. The molecule has 8 aromatic carbocycles. The molecule has 14 aromatic rings. The van der Waals surface area contributed by atoms with Crippen molar-refractivity contribution in [2.45, 2.75) is 0 Å². The Hall–Kier alpha value is -7.28. The molecule has 6 heteroatoms. The highest BCUT2D eigenvalue weighted by Gasteiger charge is 2.27. The number of hydrogen-bond donors (Lipinski definition) is 0. The van der Waals surface area contributed by atoms with Gasteiger partial charge in [-0.05, 0) is 41.8 Å². The molecule has 0 N–H and O–H groups in total. The third kappa shape index (κ3) is 3.47. The van der Waals surface area contributed by atoms with E-state index < -0.39 is 0 Å². The Kier molecular flexibility index (Phi) is 5.34. The second-order valence-corrected chi connectivity index (χ2v) is 16.0. The summed E-state index contributed by atoms with van der Waals surface area (Å²) in [6.45, 7) is 0. The molecular weight excluding hydrogens is 703 g/mol. The third-order valence-corrected chi connectivity index (χ3v) is 13.3. The average Bonchev–Trinajstić information content (AvgIpc) is 4.05. The highest BCUT2D eigenvalue weighted by molar-refractivity contribution is 7.26. The van der Waals surface area contributed by atoms with Gasteiger partial charge in [-0.3, -0.25) is 9.13 Å². The molecule has 0 unspecified atom stereocenters. The second kappa shape index (κ2) is 10.3. The van der Waals surface area contributed by atoms with Gasteiger partial charge in [0.05, 0.1) is 48.8 Å². The Balaban J connectivity index is 1.25. The van der Waals surface area contributed by atoms with Gasteiger partial charge < -0.3 is 4.40 Å². The Morgan fingerprint density at radius 2 is 0.982 bits per heavy atom. The van der Waals surface area contributed by atoms with E-state index in [0.29, 0.717) is 5.95 Å². The molecule has 0 saturated heterocycles.